The average Bonchev–Trinajstić information content (AvgIpc) is 2.36. The molecule has 0 aromatic heterocycles. The SMILES string of the molecule is CC(C)(C)CC(CCO)NC(=O)OCc1ccccc1. The molecule has 1 atom stereocenters. The molecular weight excluding hydrogens is 254 g/mol. The summed E-state index contributed by atoms with van der Waals surface area (Å²) in [5.41, 5.74) is 1.05. The minimum atomic E-state index is -0.434. The van der Waals surface area contributed by atoms with Gasteiger partial charge in [-0.1, -0.05) is 51.1 Å². The van der Waals surface area contributed by atoms with E-state index in [1.807, 2.05) is 30.3 Å². The van der Waals surface area contributed by atoms with Crippen molar-refractivity contribution in [1.82, 2.24) is 5.32 Å². The summed E-state index contributed by atoms with van der Waals surface area (Å²) < 4.78 is 5.19. The summed E-state index contributed by atoms with van der Waals surface area (Å²) in [6, 6.07) is 9.49. The first kappa shape index (κ1) is 16.5. The average molecular weight is 279 g/mol. The molecule has 1 aromatic rings. The number of aliphatic hydroxyl groups is 1. The standard InChI is InChI=1S/C16H25NO3/c1-16(2,3)11-14(9-10-18)17-15(19)20-12-13-7-5-4-6-8-13/h4-8,14,18H,9-12H2,1-3H3,(H,17,19). The zero-order valence-electron chi connectivity index (χ0n) is 12.6. The van der Waals surface area contributed by atoms with Crippen molar-refractivity contribution in [3.05, 3.63) is 35.9 Å². The highest BCUT2D eigenvalue weighted by Gasteiger charge is 2.20. The second-order valence-electron chi connectivity index (χ2n) is 6.18. The quantitative estimate of drug-likeness (QED) is 0.841. The number of amides is 1. The number of benzene rings is 1. The monoisotopic (exact) mass is 279 g/mol. The predicted octanol–water partition coefficient (Wildman–Crippen LogP) is 3.10. The van der Waals surface area contributed by atoms with Crippen molar-refractivity contribution in [3.8, 4) is 0 Å². The van der Waals surface area contributed by atoms with E-state index in [2.05, 4.69) is 26.1 Å². The second-order valence-corrected chi connectivity index (χ2v) is 6.18. The first-order chi connectivity index (χ1) is 9.40. The minimum absolute atomic E-state index is 0.0553. The van der Waals surface area contributed by atoms with Crippen molar-refractivity contribution in [2.24, 2.45) is 5.41 Å². The van der Waals surface area contributed by atoms with Crippen molar-refractivity contribution in [2.45, 2.75) is 46.3 Å². The fraction of sp³-hybridized carbons (Fsp3) is 0.562. The lowest BCUT2D eigenvalue weighted by atomic mass is 9.87. The molecule has 20 heavy (non-hydrogen) atoms. The van der Waals surface area contributed by atoms with Crippen molar-refractivity contribution >= 4 is 6.09 Å². The van der Waals surface area contributed by atoms with Crippen molar-refractivity contribution < 1.29 is 14.6 Å². The van der Waals surface area contributed by atoms with Gasteiger partial charge in [0.15, 0.2) is 0 Å². The molecule has 0 aliphatic rings. The van der Waals surface area contributed by atoms with Gasteiger partial charge in [-0.15, -0.1) is 0 Å². The van der Waals surface area contributed by atoms with Crippen LogP contribution in [0.2, 0.25) is 0 Å². The molecule has 0 fully saturated rings. The Labute approximate surface area is 121 Å². The molecule has 2 N–H and O–H groups in total. The highest BCUT2D eigenvalue weighted by molar-refractivity contribution is 5.67. The van der Waals surface area contributed by atoms with Crippen molar-refractivity contribution in [3.63, 3.8) is 0 Å². The molecule has 0 saturated carbocycles. The van der Waals surface area contributed by atoms with Crippen LogP contribution in [0.15, 0.2) is 30.3 Å². The molecule has 0 bridgehead atoms. The molecule has 1 rings (SSSR count). The maximum Gasteiger partial charge on any atom is 0.407 e. The summed E-state index contributed by atoms with van der Waals surface area (Å²) >= 11 is 0. The number of carbonyl (C=O) groups is 1. The summed E-state index contributed by atoms with van der Waals surface area (Å²) in [5, 5.41) is 11.9. The van der Waals surface area contributed by atoms with E-state index in [9.17, 15) is 4.79 Å². The Bertz CT molecular complexity index is 398. The Kier molecular flexibility index (Phi) is 6.52. The zero-order chi connectivity index (χ0) is 15.0. The van der Waals surface area contributed by atoms with Gasteiger partial charge >= 0.3 is 6.09 Å². The number of aliphatic hydroxyl groups excluding tert-OH is 1. The van der Waals surface area contributed by atoms with Crippen LogP contribution in [0.3, 0.4) is 0 Å². The Morgan fingerprint density at radius 3 is 2.50 bits per heavy atom. The maximum atomic E-state index is 11.8. The van der Waals surface area contributed by atoms with E-state index < -0.39 is 6.09 Å². The Hall–Kier alpha value is -1.55. The molecule has 112 valence electrons. The largest absolute Gasteiger partial charge is 0.445 e. The van der Waals surface area contributed by atoms with Crippen LogP contribution in [0, 0.1) is 5.41 Å². The van der Waals surface area contributed by atoms with Gasteiger partial charge in [0.05, 0.1) is 0 Å². The van der Waals surface area contributed by atoms with Gasteiger partial charge in [0.1, 0.15) is 6.61 Å². The van der Waals surface area contributed by atoms with Gasteiger partial charge in [-0.2, -0.15) is 0 Å². The molecule has 0 saturated heterocycles. The number of hydrogen-bond acceptors (Lipinski definition) is 3. The van der Waals surface area contributed by atoms with Gasteiger partial charge in [0, 0.05) is 12.6 Å². The van der Waals surface area contributed by atoms with Crippen LogP contribution in [-0.4, -0.2) is 23.8 Å². The van der Waals surface area contributed by atoms with Crippen molar-refractivity contribution in [2.75, 3.05) is 6.61 Å². The predicted molar refractivity (Wildman–Crippen MR) is 79.3 cm³/mol. The molecule has 0 heterocycles. The van der Waals surface area contributed by atoms with Gasteiger partial charge in [-0.3, -0.25) is 0 Å². The highest BCUT2D eigenvalue weighted by atomic mass is 16.5. The number of hydrogen-bond donors (Lipinski definition) is 2. The van der Waals surface area contributed by atoms with Gasteiger partial charge in [0.25, 0.3) is 0 Å². The first-order valence-corrected chi connectivity index (χ1v) is 6.99. The van der Waals surface area contributed by atoms with Crippen LogP contribution >= 0.6 is 0 Å². The fourth-order valence-corrected chi connectivity index (χ4v) is 2.05. The number of carbonyl (C=O) groups excluding carboxylic acids is 1. The molecule has 0 spiro atoms. The summed E-state index contributed by atoms with van der Waals surface area (Å²) in [6.07, 6.45) is 0.905. The third-order valence-corrected chi connectivity index (χ3v) is 2.87. The van der Waals surface area contributed by atoms with Crippen LogP contribution in [0.5, 0.6) is 0 Å². The number of ether oxygens (including phenoxy) is 1. The molecule has 0 aliphatic carbocycles. The fourth-order valence-electron chi connectivity index (χ4n) is 2.05. The summed E-state index contributed by atoms with van der Waals surface area (Å²) in [7, 11) is 0. The van der Waals surface area contributed by atoms with E-state index in [0.29, 0.717) is 6.42 Å². The van der Waals surface area contributed by atoms with Crippen LogP contribution < -0.4 is 5.32 Å². The van der Waals surface area contributed by atoms with Crippen LogP contribution in [0.1, 0.15) is 39.2 Å². The third kappa shape index (κ3) is 7.14. The van der Waals surface area contributed by atoms with E-state index in [-0.39, 0.29) is 24.7 Å². The van der Waals surface area contributed by atoms with E-state index in [0.717, 1.165) is 12.0 Å². The summed E-state index contributed by atoms with van der Waals surface area (Å²) in [6.45, 7) is 6.63. The summed E-state index contributed by atoms with van der Waals surface area (Å²) in [4.78, 5) is 11.8. The van der Waals surface area contributed by atoms with Crippen LogP contribution in [0.25, 0.3) is 0 Å². The molecule has 0 radical (unpaired) electrons. The van der Waals surface area contributed by atoms with Gasteiger partial charge in [-0.05, 0) is 23.8 Å². The Morgan fingerprint density at radius 2 is 1.95 bits per heavy atom. The molecule has 1 amide bonds. The summed E-state index contributed by atoms with van der Waals surface area (Å²) in [5.74, 6) is 0. The molecular formula is C16H25NO3. The smallest absolute Gasteiger partial charge is 0.407 e. The molecule has 4 nitrogen and oxygen atoms in total. The van der Waals surface area contributed by atoms with Crippen LogP contribution in [0.4, 0.5) is 4.79 Å². The van der Waals surface area contributed by atoms with E-state index in [1.54, 1.807) is 0 Å². The van der Waals surface area contributed by atoms with Gasteiger partial charge in [-0.25, -0.2) is 4.79 Å². The lowest BCUT2D eigenvalue weighted by molar-refractivity contribution is 0.129. The lowest BCUT2D eigenvalue weighted by Crippen LogP contribution is -2.38. The lowest BCUT2D eigenvalue weighted by Gasteiger charge is -2.26. The van der Waals surface area contributed by atoms with E-state index >= 15 is 0 Å². The number of nitrogens with one attached hydrogen (secondary N) is 1. The van der Waals surface area contributed by atoms with E-state index in [1.165, 1.54) is 0 Å². The molecule has 0 aliphatic heterocycles. The van der Waals surface area contributed by atoms with Gasteiger partial charge < -0.3 is 15.2 Å². The maximum absolute atomic E-state index is 11.8. The van der Waals surface area contributed by atoms with E-state index in [4.69, 9.17) is 9.84 Å². The Balaban J connectivity index is 2.41. The normalized spacial score (nSPS) is 12.8. The minimum Gasteiger partial charge on any atom is -0.445 e. The first-order valence-electron chi connectivity index (χ1n) is 6.99. The van der Waals surface area contributed by atoms with Crippen molar-refractivity contribution in [1.29, 1.82) is 0 Å². The zero-order valence-corrected chi connectivity index (χ0v) is 12.6. The Morgan fingerprint density at radius 1 is 1.30 bits per heavy atom. The second kappa shape index (κ2) is 7.90. The van der Waals surface area contributed by atoms with Gasteiger partial charge in [0.2, 0.25) is 0 Å². The molecule has 1 unspecified atom stereocenters. The van der Waals surface area contributed by atoms with Crippen LogP contribution in [-0.2, 0) is 11.3 Å². The number of rotatable bonds is 6. The topological polar surface area (TPSA) is 58.6 Å². The highest BCUT2D eigenvalue weighted by Crippen LogP contribution is 2.22. The molecule has 4 heteroatoms. The third-order valence-electron chi connectivity index (χ3n) is 2.87. The molecule has 1 aromatic carbocycles. The number of alkyl carbamates (subject to hydrolysis) is 1.